The number of imidazole rings is 1. The van der Waals surface area contributed by atoms with Gasteiger partial charge in [0, 0.05) is 24.7 Å². The van der Waals surface area contributed by atoms with Gasteiger partial charge in [-0.15, -0.1) is 0 Å². The van der Waals surface area contributed by atoms with Gasteiger partial charge in [0.15, 0.2) is 16.9 Å². The summed E-state index contributed by atoms with van der Waals surface area (Å²) in [7, 11) is 1.57. The smallest absolute Gasteiger partial charge is 0.332 e. The average Bonchev–Trinajstić information content (AvgIpc) is 3.25. The Morgan fingerprint density at radius 1 is 1.00 bits per heavy atom. The molecule has 1 fully saturated rings. The van der Waals surface area contributed by atoms with Crippen LogP contribution in [0.5, 0.6) is 0 Å². The highest BCUT2D eigenvalue weighted by molar-refractivity contribution is 5.95. The number of benzene rings is 2. The molecule has 2 aromatic heterocycles. The van der Waals surface area contributed by atoms with E-state index in [1.165, 1.54) is 4.57 Å². The van der Waals surface area contributed by atoms with Crippen molar-refractivity contribution in [1.29, 1.82) is 0 Å². The van der Waals surface area contributed by atoms with E-state index in [1.807, 2.05) is 36.4 Å². The van der Waals surface area contributed by atoms with Crippen molar-refractivity contribution in [3.63, 3.8) is 0 Å². The maximum Gasteiger partial charge on any atom is 0.332 e. The number of nitrogens with zero attached hydrogens (tertiary/aromatic N) is 4. The molecule has 0 unspecified atom stereocenters. The van der Waals surface area contributed by atoms with Gasteiger partial charge in [-0.1, -0.05) is 73.5 Å². The molecule has 3 N–H and O–H groups in total. The van der Waals surface area contributed by atoms with Gasteiger partial charge in [-0.05, 0) is 18.4 Å². The zero-order valence-corrected chi connectivity index (χ0v) is 20.3. The summed E-state index contributed by atoms with van der Waals surface area (Å²) in [5.41, 5.74) is 7.23. The van der Waals surface area contributed by atoms with E-state index >= 15 is 0 Å². The molecule has 4 aromatic rings. The van der Waals surface area contributed by atoms with Gasteiger partial charge in [-0.25, -0.2) is 4.79 Å². The number of Topliss-reactive ketones (excluding diaryl/α,β-unsaturated/α-hetero) is 1. The van der Waals surface area contributed by atoms with Crippen molar-refractivity contribution in [2.75, 3.05) is 5.32 Å². The summed E-state index contributed by atoms with van der Waals surface area (Å²) in [6.45, 7) is 0.0277. The van der Waals surface area contributed by atoms with Crippen LogP contribution in [-0.4, -0.2) is 36.6 Å². The van der Waals surface area contributed by atoms with E-state index in [9.17, 15) is 14.4 Å². The Morgan fingerprint density at radius 2 is 1.67 bits per heavy atom. The van der Waals surface area contributed by atoms with Crippen LogP contribution in [0, 0.1) is 0 Å². The van der Waals surface area contributed by atoms with Crippen molar-refractivity contribution in [1.82, 2.24) is 18.7 Å². The van der Waals surface area contributed by atoms with E-state index in [2.05, 4.69) is 5.32 Å². The highest BCUT2D eigenvalue weighted by Gasteiger charge is 2.26. The van der Waals surface area contributed by atoms with Crippen molar-refractivity contribution in [2.24, 2.45) is 12.8 Å². The molecular weight excluding hydrogens is 456 g/mol. The number of carbonyl (C=O) groups is 1. The second-order valence-corrected chi connectivity index (χ2v) is 9.40. The van der Waals surface area contributed by atoms with Crippen LogP contribution in [0.2, 0.25) is 0 Å². The Balaban J connectivity index is 1.64. The summed E-state index contributed by atoms with van der Waals surface area (Å²) in [5, 5.41) is 3.47. The zero-order chi connectivity index (χ0) is 25.2. The fraction of sp³-hybridized carbons (Fsp3) is 0.333. The Hall–Kier alpha value is -3.98. The van der Waals surface area contributed by atoms with Crippen LogP contribution < -0.4 is 22.3 Å². The Kier molecular flexibility index (Phi) is 6.56. The third kappa shape index (κ3) is 4.49. The third-order valence-corrected chi connectivity index (χ3v) is 6.95. The van der Waals surface area contributed by atoms with E-state index < -0.39 is 11.2 Å². The molecule has 1 aliphatic carbocycles. The van der Waals surface area contributed by atoms with Gasteiger partial charge in [-0.2, -0.15) is 4.98 Å². The van der Waals surface area contributed by atoms with Crippen LogP contribution in [0.15, 0.2) is 70.3 Å². The molecule has 0 amide bonds. The van der Waals surface area contributed by atoms with Gasteiger partial charge in [0.1, 0.15) is 0 Å². The lowest BCUT2D eigenvalue weighted by Crippen LogP contribution is -2.43. The monoisotopic (exact) mass is 486 g/mol. The van der Waals surface area contributed by atoms with Gasteiger partial charge in [0.2, 0.25) is 5.95 Å². The van der Waals surface area contributed by atoms with Gasteiger partial charge in [0.05, 0.1) is 13.1 Å². The molecule has 36 heavy (non-hydrogen) atoms. The zero-order valence-electron chi connectivity index (χ0n) is 20.3. The summed E-state index contributed by atoms with van der Waals surface area (Å²) in [4.78, 5) is 44.5. The standard InChI is InChI=1S/C27H30N6O3/c1-31-24-23(25(35)33(27(31)36)17-22(34)19-12-6-3-7-13-19)32(16-18-10-4-2-5-11-18)26(30-24)29-21-15-9-8-14-20(21)28/h2-7,10-13,20-21H,8-9,14-17,28H2,1H3,(H,29,30)/t20-,21+/m1/s1. The fourth-order valence-corrected chi connectivity index (χ4v) is 4.90. The molecule has 1 aliphatic rings. The topological polar surface area (TPSA) is 117 Å². The van der Waals surface area contributed by atoms with E-state index in [0.29, 0.717) is 18.1 Å². The first kappa shape index (κ1) is 23.7. The number of rotatable bonds is 7. The molecule has 5 rings (SSSR count). The van der Waals surface area contributed by atoms with Crippen LogP contribution in [0.3, 0.4) is 0 Å². The number of ketones is 1. The molecule has 0 bridgehead atoms. The number of anilines is 1. The molecule has 0 spiro atoms. The minimum Gasteiger partial charge on any atom is -0.351 e. The van der Waals surface area contributed by atoms with Crippen molar-refractivity contribution < 1.29 is 4.79 Å². The van der Waals surface area contributed by atoms with E-state index in [1.54, 1.807) is 35.9 Å². The first-order chi connectivity index (χ1) is 17.4. The average molecular weight is 487 g/mol. The second-order valence-electron chi connectivity index (χ2n) is 9.40. The van der Waals surface area contributed by atoms with Crippen molar-refractivity contribution >= 4 is 22.9 Å². The van der Waals surface area contributed by atoms with Gasteiger partial charge >= 0.3 is 5.69 Å². The molecule has 9 nitrogen and oxygen atoms in total. The number of nitrogens with one attached hydrogen (secondary N) is 1. The second kappa shape index (κ2) is 9.94. The number of fused-ring (bicyclic) bond motifs is 1. The highest BCUT2D eigenvalue weighted by Crippen LogP contribution is 2.24. The summed E-state index contributed by atoms with van der Waals surface area (Å²) < 4.78 is 4.14. The number of aryl methyl sites for hydroxylation is 1. The number of aromatic nitrogens is 4. The van der Waals surface area contributed by atoms with E-state index in [4.69, 9.17) is 10.7 Å². The number of carbonyl (C=O) groups excluding carboxylic acids is 1. The van der Waals surface area contributed by atoms with Crippen LogP contribution >= 0.6 is 0 Å². The number of hydrogen-bond acceptors (Lipinski definition) is 6. The fourth-order valence-electron chi connectivity index (χ4n) is 4.90. The summed E-state index contributed by atoms with van der Waals surface area (Å²) in [6.07, 6.45) is 3.99. The summed E-state index contributed by atoms with van der Waals surface area (Å²) in [6, 6.07) is 18.4. The predicted molar refractivity (Wildman–Crippen MR) is 139 cm³/mol. The Labute approximate surface area is 208 Å². The maximum atomic E-state index is 13.7. The van der Waals surface area contributed by atoms with E-state index in [0.717, 1.165) is 35.8 Å². The van der Waals surface area contributed by atoms with Crippen LogP contribution in [-0.2, 0) is 20.1 Å². The van der Waals surface area contributed by atoms with Crippen LogP contribution in [0.4, 0.5) is 5.95 Å². The molecule has 2 heterocycles. The first-order valence-electron chi connectivity index (χ1n) is 12.3. The summed E-state index contributed by atoms with van der Waals surface area (Å²) >= 11 is 0. The molecule has 9 heteroatoms. The Morgan fingerprint density at radius 3 is 2.36 bits per heavy atom. The molecule has 186 valence electrons. The number of nitrogens with two attached hydrogens (primary N) is 1. The first-order valence-corrected chi connectivity index (χ1v) is 12.3. The van der Waals surface area contributed by atoms with Gasteiger partial charge < -0.3 is 11.1 Å². The maximum absolute atomic E-state index is 13.7. The molecule has 0 aliphatic heterocycles. The van der Waals surface area contributed by atoms with Crippen LogP contribution in [0.25, 0.3) is 11.2 Å². The van der Waals surface area contributed by atoms with Crippen molar-refractivity contribution in [2.45, 2.75) is 50.9 Å². The third-order valence-electron chi connectivity index (χ3n) is 6.95. The van der Waals surface area contributed by atoms with Crippen molar-refractivity contribution in [3.05, 3.63) is 92.6 Å². The quantitative estimate of drug-likeness (QED) is 0.388. The lowest BCUT2D eigenvalue weighted by molar-refractivity contribution is 0.0969. The van der Waals surface area contributed by atoms with Gasteiger partial charge in [-0.3, -0.25) is 23.3 Å². The van der Waals surface area contributed by atoms with E-state index in [-0.39, 0.29) is 35.6 Å². The highest BCUT2D eigenvalue weighted by atomic mass is 16.2. The molecule has 0 saturated heterocycles. The molecular formula is C27H30N6O3. The molecule has 1 saturated carbocycles. The molecule has 2 aromatic carbocycles. The van der Waals surface area contributed by atoms with Crippen molar-refractivity contribution in [3.8, 4) is 0 Å². The molecule has 0 radical (unpaired) electrons. The summed E-state index contributed by atoms with van der Waals surface area (Å²) in [5.74, 6) is 0.185. The lowest BCUT2D eigenvalue weighted by atomic mass is 9.91. The van der Waals surface area contributed by atoms with Gasteiger partial charge in [0.25, 0.3) is 5.56 Å². The number of hydrogen-bond donors (Lipinski definition) is 2. The van der Waals surface area contributed by atoms with Crippen LogP contribution in [0.1, 0.15) is 41.6 Å². The normalized spacial score (nSPS) is 17.8. The minimum absolute atomic E-state index is 0.0176. The minimum atomic E-state index is -0.581. The molecule has 2 atom stereocenters. The lowest BCUT2D eigenvalue weighted by Gasteiger charge is -2.29. The predicted octanol–water partition coefficient (Wildman–Crippen LogP) is 2.51. The Bertz CT molecular complexity index is 1500. The largest absolute Gasteiger partial charge is 0.351 e. The SMILES string of the molecule is Cn1c(=O)n(CC(=O)c2ccccc2)c(=O)c2c1nc(N[C@H]1CCCC[C@H]1N)n2Cc1ccccc1.